The third-order valence-electron chi connectivity index (χ3n) is 6.16. The number of likely N-dealkylation sites (tertiary alicyclic amines) is 1. The van der Waals surface area contributed by atoms with Gasteiger partial charge in [0.1, 0.15) is 0 Å². The van der Waals surface area contributed by atoms with Crippen molar-refractivity contribution in [3.05, 3.63) is 35.9 Å². The molecule has 1 aromatic rings. The molecule has 0 saturated carbocycles. The van der Waals surface area contributed by atoms with Crippen molar-refractivity contribution in [3.63, 3.8) is 0 Å². The van der Waals surface area contributed by atoms with Gasteiger partial charge in [-0.05, 0) is 68.6 Å². The summed E-state index contributed by atoms with van der Waals surface area (Å²) >= 11 is 0. The van der Waals surface area contributed by atoms with Crippen molar-refractivity contribution in [1.82, 2.24) is 15.5 Å². The number of carbonyl (C=O) groups excluding carboxylic acids is 1. The molecule has 1 amide bonds. The summed E-state index contributed by atoms with van der Waals surface area (Å²) in [5.74, 6) is 2.00. The van der Waals surface area contributed by atoms with E-state index in [0.29, 0.717) is 24.2 Å². The molecule has 144 valence electrons. The number of rotatable bonds is 8. The third-order valence-corrected chi connectivity index (χ3v) is 6.16. The fourth-order valence-corrected chi connectivity index (χ4v) is 4.37. The van der Waals surface area contributed by atoms with Gasteiger partial charge >= 0.3 is 0 Å². The molecule has 0 spiro atoms. The lowest BCUT2D eigenvalue weighted by atomic mass is 9.85. The van der Waals surface area contributed by atoms with Gasteiger partial charge < -0.3 is 15.5 Å². The number of nitrogens with one attached hydrogen (secondary N) is 2. The molecule has 2 saturated heterocycles. The highest BCUT2D eigenvalue weighted by atomic mass is 16.1. The molecule has 2 N–H and O–H groups in total. The maximum Gasteiger partial charge on any atom is 0.220 e. The molecule has 2 aliphatic heterocycles. The highest BCUT2D eigenvalue weighted by molar-refractivity contribution is 5.76. The van der Waals surface area contributed by atoms with Crippen molar-refractivity contribution in [2.75, 3.05) is 39.3 Å². The second kappa shape index (κ2) is 10.1. The molecule has 0 aromatic heterocycles. The van der Waals surface area contributed by atoms with E-state index in [1.165, 1.54) is 24.8 Å². The summed E-state index contributed by atoms with van der Waals surface area (Å²) < 4.78 is 0. The van der Waals surface area contributed by atoms with Gasteiger partial charge in [0, 0.05) is 26.1 Å². The normalized spacial score (nSPS) is 25.1. The number of piperidine rings is 1. The molecule has 3 unspecified atom stereocenters. The summed E-state index contributed by atoms with van der Waals surface area (Å²) in [5.41, 5.74) is 1.41. The first-order valence-electron chi connectivity index (χ1n) is 10.4. The van der Waals surface area contributed by atoms with Crippen LogP contribution < -0.4 is 10.6 Å². The van der Waals surface area contributed by atoms with Gasteiger partial charge in [0.25, 0.3) is 0 Å². The molecule has 26 heavy (non-hydrogen) atoms. The molecular formula is C22H35N3O. The number of nitrogens with zero attached hydrogens (tertiary/aromatic N) is 1. The molecule has 2 fully saturated rings. The van der Waals surface area contributed by atoms with Gasteiger partial charge in [-0.25, -0.2) is 0 Å². The van der Waals surface area contributed by atoms with Crippen molar-refractivity contribution in [1.29, 1.82) is 0 Å². The summed E-state index contributed by atoms with van der Waals surface area (Å²) in [6.45, 7) is 8.70. The van der Waals surface area contributed by atoms with Crippen LogP contribution >= 0.6 is 0 Å². The maximum atomic E-state index is 12.3. The average Bonchev–Trinajstić information content (AvgIpc) is 3.14. The molecule has 0 radical (unpaired) electrons. The Kier molecular flexibility index (Phi) is 7.51. The van der Waals surface area contributed by atoms with Crippen LogP contribution in [0.25, 0.3) is 0 Å². The standard InChI is InChI=1S/C22H35N3O/c1-18(21-8-5-11-23-16-21)14-22(26)24-15-20-10-13-25(17-20)12-9-19-6-3-2-4-7-19/h2-4,6-7,18,20-21,23H,5,8-17H2,1H3,(H,24,26). The van der Waals surface area contributed by atoms with Gasteiger partial charge in [-0.1, -0.05) is 37.3 Å². The van der Waals surface area contributed by atoms with Crippen LogP contribution in [0, 0.1) is 17.8 Å². The van der Waals surface area contributed by atoms with Gasteiger partial charge in [-0.3, -0.25) is 4.79 Å². The summed E-state index contributed by atoms with van der Waals surface area (Å²) in [6.07, 6.45) is 5.51. The lowest BCUT2D eigenvalue weighted by Crippen LogP contribution is -2.36. The molecular weight excluding hydrogens is 322 g/mol. The number of hydrogen-bond donors (Lipinski definition) is 2. The topological polar surface area (TPSA) is 44.4 Å². The predicted octanol–water partition coefficient (Wildman–Crippen LogP) is 2.69. The van der Waals surface area contributed by atoms with Crippen LogP contribution in [-0.2, 0) is 11.2 Å². The molecule has 3 rings (SSSR count). The molecule has 2 aliphatic rings. The van der Waals surface area contributed by atoms with E-state index < -0.39 is 0 Å². The molecule has 4 nitrogen and oxygen atoms in total. The van der Waals surface area contributed by atoms with Gasteiger partial charge in [0.2, 0.25) is 5.91 Å². The molecule has 2 heterocycles. The highest BCUT2D eigenvalue weighted by Crippen LogP contribution is 2.22. The molecule has 0 bridgehead atoms. The van der Waals surface area contributed by atoms with Crippen LogP contribution in [-0.4, -0.2) is 50.1 Å². The van der Waals surface area contributed by atoms with Gasteiger partial charge in [0.15, 0.2) is 0 Å². The fourth-order valence-electron chi connectivity index (χ4n) is 4.37. The van der Waals surface area contributed by atoms with Crippen LogP contribution in [0.15, 0.2) is 30.3 Å². The Morgan fingerprint density at radius 2 is 2.15 bits per heavy atom. The van der Waals surface area contributed by atoms with Crippen LogP contribution in [0.5, 0.6) is 0 Å². The van der Waals surface area contributed by atoms with E-state index in [1.807, 2.05) is 0 Å². The van der Waals surface area contributed by atoms with Crippen molar-refractivity contribution >= 4 is 5.91 Å². The lowest BCUT2D eigenvalue weighted by molar-refractivity contribution is -0.122. The first kappa shape index (κ1) is 19.4. The summed E-state index contributed by atoms with van der Waals surface area (Å²) in [4.78, 5) is 14.8. The molecule has 0 aliphatic carbocycles. The molecule has 3 atom stereocenters. The van der Waals surface area contributed by atoms with Crippen molar-refractivity contribution in [2.24, 2.45) is 17.8 Å². The SMILES string of the molecule is CC(CC(=O)NCC1CCN(CCc2ccccc2)C1)C1CCCNC1. The van der Waals surface area contributed by atoms with Crippen molar-refractivity contribution < 1.29 is 4.79 Å². The minimum Gasteiger partial charge on any atom is -0.356 e. The van der Waals surface area contributed by atoms with E-state index in [0.717, 1.165) is 45.7 Å². The zero-order valence-electron chi connectivity index (χ0n) is 16.3. The zero-order chi connectivity index (χ0) is 18.2. The van der Waals surface area contributed by atoms with Gasteiger partial charge in [0.05, 0.1) is 0 Å². The highest BCUT2D eigenvalue weighted by Gasteiger charge is 2.24. The van der Waals surface area contributed by atoms with Crippen LogP contribution in [0.2, 0.25) is 0 Å². The quantitative estimate of drug-likeness (QED) is 0.752. The Morgan fingerprint density at radius 1 is 1.31 bits per heavy atom. The number of hydrogen-bond acceptors (Lipinski definition) is 3. The largest absolute Gasteiger partial charge is 0.356 e. The Balaban J connectivity index is 1.30. The number of benzene rings is 1. The Morgan fingerprint density at radius 3 is 2.92 bits per heavy atom. The Hall–Kier alpha value is -1.39. The Bertz CT molecular complexity index is 542. The van der Waals surface area contributed by atoms with E-state index in [9.17, 15) is 4.79 Å². The number of amides is 1. The second-order valence-electron chi connectivity index (χ2n) is 8.28. The van der Waals surface area contributed by atoms with Crippen LogP contribution in [0.4, 0.5) is 0 Å². The molecule has 1 aromatic carbocycles. The fraction of sp³-hybridized carbons (Fsp3) is 0.682. The minimum absolute atomic E-state index is 0.241. The monoisotopic (exact) mass is 357 g/mol. The smallest absolute Gasteiger partial charge is 0.220 e. The first-order valence-corrected chi connectivity index (χ1v) is 10.4. The lowest BCUT2D eigenvalue weighted by Gasteiger charge is -2.28. The van der Waals surface area contributed by atoms with Crippen LogP contribution in [0.3, 0.4) is 0 Å². The van der Waals surface area contributed by atoms with Crippen LogP contribution in [0.1, 0.15) is 38.2 Å². The summed E-state index contributed by atoms with van der Waals surface area (Å²) in [6, 6.07) is 10.7. The van der Waals surface area contributed by atoms with E-state index in [-0.39, 0.29) is 5.91 Å². The molecule has 4 heteroatoms. The third kappa shape index (κ3) is 6.10. The van der Waals surface area contributed by atoms with E-state index in [2.05, 4.69) is 52.8 Å². The number of carbonyl (C=O) groups is 1. The second-order valence-corrected chi connectivity index (χ2v) is 8.28. The summed E-state index contributed by atoms with van der Waals surface area (Å²) in [7, 11) is 0. The van der Waals surface area contributed by atoms with E-state index in [4.69, 9.17) is 0 Å². The maximum absolute atomic E-state index is 12.3. The van der Waals surface area contributed by atoms with Gasteiger partial charge in [-0.15, -0.1) is 0 Å². The van der Waals surface area contributed by atoms with E-state index >= 15 is 0 Å². The van der Waals surface area contributed by atoms with Crippen molar-refractivity contribution in [2.45, 2.75) is 39.0 Å². The first-order chi connectivity index (χ1) is 12.7. The Labute approximate surface area is 158 Å². The van der Waals surface area contributed by atoms with Crippen molar-refractivity contribution in [3.8, 4) is 0 Å². The average molecular weight is 358 g/mol. The zero-order valence-corrected chi connectivity index (χ0v) is 16.3. The van der Waals surface area contributed by atoms with E-state index in [1.54, 1.807) is 0 Å². The summed E-state index contributed by atoms with van der Waals surface area (Å²) in [5, 5.41) is 6.66. The van der Waals surface area contributed by atoms with Gasteiger partial charge in [-0.2, -0.15) is 0 Å². The predicted molar refractivity (Wildman–Crippen MR) is 107 cm³/mol. The minimum atomic E-state index is 0.241.